The predicted molar refractivity (Wildman–Crippen MR) is 73.4 cm³/mol. The lowest BCUT2D eigenvalue weighted by atomic mass is 10.2. The quantitative estimate of drug-likeness (QED) is 0.807. The molecular weight excluding hydrogens is 226 g/mol. The van der Waals surface area contributed by atoms with Gasteiger partial charge < -0.3 is 10.2 Å². The second kappa shape index (κ2) is 6.65. The number of anilines is 1. The Balaban J connectivity index is 2.71. The highest BCUT2D eigenvalue weighted by Gasteiger charge is 2.09. The lowest BCUT2D eigenvalue weighted by Crippen LogP contribution is -2.22. The van der Waals surface area contributed by atoms with Gasteiger partial charge in [0.15, 0.2) is 0 Å². The molecule has 1 aromatic rings. The van der Waals surface area contributed by atoms with Gasteiger partial charge in [-0.25, -0.2) is 4.98 Å². The number of aromatic nitrogens is 1. The number of nitrogens with one attached hydrogen (secondary N) is 1. The van der Waals surface area contributed by atoms with Crippen LogP contribution in [0.2, 0.25) is 0 Å². The normalized spacial score (nSPS) is 11.4. The minimum absolute atomic E-state index is 0.0158. The fourth-order valence-corrected chi connectivity index (χ4v) is 1.53. The second-order valence-corrected chi connectivity index (χ2v) is 4.28. The summed E-state index contributed by atoms with van der Waals surface area (Å²) in [5.41, 5.74) is 0.568. The van der Waals surface area contributed by atoms with Gasteiger partial charge in [-0.1, -0.05) is 19.3 Å². The topological polar surface area (TPSA) is 45.2 Å². The maximum Gasteiger partial charge on any atom is 0.254 e. The molecule has 1 heterocycles. The first-order chi connectivity index (χ1) is 8.58. The number of carbonyl (C=O) groups is 1. The molecule has 4 heteroatoms. The van der Waals surface area contributed by atoms with Gasteiger partial charge in [0.2, 0.25) is 0 Å². The minimum atomic E-state index is -0.0592. The third-order valence-corrected chi connectivity index (χ3v) is 2.52. The number of hydrogen-bond donors (Lipinski definition) is 1. The van der Waals surface area contributed by atoms with Crippen molar-refractivity contribution in [3.8, 4) is 12.3 Å². The van der Waals surface area contributed by atoms with Crippen LogP contribution in [0.25, 0.3) is 0 Å². The number of terminal acetylenes is 1. The predicted octanol–water partition coefficient (Wildman–Crippen LogP) is 2.00. The smallest absolute Gasteiger partial charge is 0.254 e. The lowest BCUT2D eigenvalue weighted by Gasteiger charge is -2.13. The van der Waals surface area contributed by atoms with E-state index in [9.17, 15) is 4.79 Å². The van der Waals surface area contributed by atoms with Gasteiger partial charge in [0.1, 0.15) is 5.82 Å². The summed E-state index contributed by atoms with van der Waals surface area (Å²) in [6, 6.07) is 3.51. The highest BCUT2D eigenvalue weighted by atomic mass is 16.2. The summed E-state index contributed by atoms with van der Waals surface area (Å²) < 4.78 is 0. The summed E-state index contributed by atoms with van der Waals surface area (Å²) >= 11 is 0. The van der Waals surface area contributed by atoms with E-state index in [0.717, 1.165) is 12.8 Å². The average Bonchev–Trinajstić information content (AvgIpc) is 2.38. The Morgan fingerprint density at radius 1 is 1.56 bits per heavy atom. The third-order valence-electron chi connectivity index (χ3n) is 2.52. The van der Waals surface area contributed by atoms with Crippen molar-refractivity contribution in [1.82, 2.24) is 9.88 Å². The van der Waals surface area contributed by atoms with E-state index in [2.05, 4.69) is 23.1 Å². The summed E-state index contributed by atoms with van der Waals surface area (Å²) in [6.07, 6.45) is 8.90. The van der Waals surface area contributed by atoms with Crippen molar-refractivity contribution in [2.45, 2.75) is 25.8 Å². The number of pyridine rings is 1. The molecule has 1 unspecified atom stereocenters. The summed E-state index contributed by atoms with van der Waals surface area (Å²) in [6.45, 7) is 2.08. The standard InChI is InChI=1S/C14H19N3O/c1-5-7-12(6-2)16-13-9-8-11(10-15-13)14(18)17(3)4/h2,8-10,12H,5,7H2,1,3-4H3,(H,15,16). The molecule has 0 saturated carbocycles. The second-order valence-electron chi connectivity index (χ2n) is 4.28. The number of nitrogens with zero attached hydrogens (tertiary/aromatic N) is 2. The maximum atomic E-state index is 11.7. The Labute approximate surface area is 108 Å². The molecule has 0 aliphatic rings. The maximum absolute atomic E-state index is 11.7. The van der Waals surface area contributed by atoms with Gasteiger partial charge >= 0.3 is 0 Å². The number of rotatable bonds is 5. The molecule has 4 nitrogen and oxygen atoms in total. The van der Waals surface area contributed by atoms with Crippen LogP contribution in [-0.2, 0) is 0 Å². The van der Waals surface area contributed by atoms with Gasteiger partial charge in [-0.15, -0.1) is 6.42 Å². The largest absolute Gasteiger partial charge is 0.356 e. The SMILES string of the molecule is C#CC(CCC)Nc1ccc(C(=O)N(C)C)cn1. The number of hydrogen-bond acceptors (Lipinski definition) is 3. The zero-order valence-electron chi connectivity index (χ0n) is 11.1. The van der Waals surface area contributed by atoms with Crippen molar-refractivity contribution in [3.05, 3.63) is 23.9 Å². The summed E-state index contributed by atoms with van der Waals surface area (Å²) in [5.74, 6) is 3.32. The molecule has 0 aliphatic carbocycles. The molecule has 1 rings (SSSR count). The monoisotopic (exact) mass is 245 g/mol. The Morgan fingerprint density at radius 2 is 2.28 bits per heavy atom. The summed E-state index contributed by atoms with van der Waals surface area (Å²) in [7, 11) is 3.42. The molecule has 1 aromatic heterocycles. The molecule has 1 amide bonds. The van der Waals surface area contributed by atoms with Gasteiger partial charge in [-0.05, 0) is 18.6 Å². The van der Waals surface area contributed by atoms with Crippen LogP contribution >= 0.6 is 0 Å². The van der Waals surface area contributed by atoms with Crippen LogP contribution in [0.5, 0.6) is 0 Å². The summed E-state index contributed by atoms with van der Waals surface area (Å²) in [5, 5.41) is 3.15. The zero-order valence-corrected chi connectivity index (χ0v) is 11.1. The highest BCUT2D eigenvalue weighted by molar-refractivity contribution is 5.93. The van der Waals surface area contributed by atoms with Crippen LogP contribution in [0.3, 0.4) is 0 Å². The molecule has 1 atom stereocenters. The van der Waals surface area contributed by atoms with Crippen molar-refractivity contribution in [1.29, 1.82) is 0 Å². The van der Waals surface area contributed by atoms with Crippen LogP contribution < -0.4 is 5.32 Å². The van der Waals surface area contributed by atoms with Crippen molar-refractivity contribution < 1.29 is 4.79 Å². The van der Waals surface area contributed by atoms with E-state index in [0.29, 0.717) is 11.4 Å². The van der Waals surface area contributed by atoms with E-state index in [-0.39, 0.29) is 11.9 Å². The molecule has 0 aliphatic heterocycles. The van der Waals surface area contributed by atoms with Crippen LogP contribution in [0.4, 0.5) is 5.82 Å². The molecule has 0 bridgehead atoms. The lowest BCUT2D eigenvalue weighted by molar-refractivity contribution is 0.0827. The van der Waals surface area contributed by atoms with E-state index in [1.54, 1.807) is 32.4 Å². The molecule has 18 heavy (non-hydrogen) atoms. The fourth-order valence-electron chi connectivity index (χ4n) is 1.53. The molecule has 0 spiro atoms. The third kappa shape index (κ3) is 3.77. The molecule has 1 N–H and O–H groups in total. The highest BCUT2D eigenvalue weighted by Crippen LogP contribution is 2.09. The Kier molecular flexibility index (Phi) is 5.19. The van der Waals surface area contributed by atoms with Crippen molar-refractivity contribution >= 4 is 11.7 Å². The Hall–Kier alpha value is -2.02. The zero-order chi connectivity index (χ0) is 13.5. The van der Waals surface area contributed by atoms with E-state index in [4.69, 9.17) is 6.42 Å². The van der Waals surface area contributed by atoms with Crippen LogP contribution in [0.1, 0.15) is 30.1 Å². The van der Waals surface area contributed by atoms with E-state index < -0.39 is 0 Å². The van der Waals surface area contributed by atoms with Crippen molar-refractivity contribution in [3.63, 3.8) is 0 Å². The van der Waals surface area contributed by atoms with E-state index in [1.165, 1.54) is 4.90 Å². The van der Waals surface area contributed by atoms with E-state index >= 15 is 0 Å². The number of carbonyl (C=O) groups excluding carboxylic acids is 1. The molecule has 0 aromatic carbocycles. The van der Waals surface area contributed by atoms with Crippen molar-refractivity contribution in [2.24, 2.45) is 0 Å². The first kappa shape index (κ1) is 14.0. The van der Waals surface area contributed by atoms with Gasteiger partial charge in [-0.3, -0.25) is 4.79 Å². The minimum Gasteiger partial charge on any atom is -0.356 e. The summed E-state index contributed by atoms with van der Waals surface area (Å²) in [4.78, 5) is 17.4. The molecule has 0 saturated heterocycles. The van der Waals surface area contributed by atoms with Crippen LogP contribution in [0.15, 0.2) is 18.3 Å². The molecule has 0 fully saturated rings. The van der Waals surface area contributed by atoms with E-state index in [1.807, 2.05) is 0 Å². The van der Waals surface area contributed by atoms with Crippen LogP contribution in [0, 0.1) is 12.3 Å². The van der Waals surface area contributed by atoms with Gasteiger partial charge in [0, 0.05) is 20.3 Å². The van der Waals surface area contributed by atoms with Crippen LogP contribution in [-0.4, -0.2) is 35.9 Å². The van der Waals surface area contributed by atoms with Gasteiger partial charge in [0.05, 0.1) is 11.6 Å². The Bertz CT molecular complexity index is 431. The molecular formula is C14H19N3O. The molecule has 0 radical (unpaired) electrons. The first-order valence-corrected chi connectivity index (χ1v) is 5.98. The first-order valence-electron chi connectivity index (χ1n) is 5.98. The fraction of sp³-hybridized carbons (Fsp3) is 0.429. The van der Waals surface area contributed by atoms with Gasteiger partial charge in [0.25, 0.3) is 5.91 Å². The van der Waals surface area contributed by atoms with Gasteiger partial charge in [-0.2, -0.15) is 0 Å². The Morgan fingerprint density at radius 3 is 2.72 bits per heavy atom. The van der Waals surface area contributed by atoms with Crippen molar-refractivity contribution in [2.75, 3.05) is 19.4 Å². The molecule has 96 valence electrons. The number of amides is 1. The average molecular weight is 245 g/mol.